The van der Waals surface area contributed by atoms with Gasteiger partial charge in [-0.2, -0.15) is 10.4 Å². The van der Waals surface area contributed by atoms with Crippen LogP contribution in [0.25, 0.3) is 0 Å². The molecule has 0 radical (unpaired) electrons. The van der Waals surface area contributed by atoms with Gasteiger partial charge in [-0.15, -0.1) is 0 Å². The monoisotopic (exact) mass is 425 g/mol. The highest BCUT2D eigenvalue weighted by Crippen LogP contribution is 2.66. The van der Waals surface area contributed by atoms with Crippen LogP contribution >= 0.6 is 0 Å². The number of fused-ring (bicyclic) bond motifs is 5. The molecule has 1 heterocycles. The number of aromatic nitrogens is 2. The van der Waals surface area contributed by atoms with E-state index in [4.69, 9.17) is 4.74 Å². The van der Waals surface area contributed by atoms with Gasteiger partial charge in [0.25, 0.3) is 0 Å². The van der Waals surface area contributed by atoms with Crippen LogP contribution in [-0.4, -0.2) is 34.2 Å². The molecule has 4 aliphatic carbocycles. The highest BCUT2D eigenvalue weighted by molar-refractivity contribution is 5.22. The smallest absolute Gasteiger partial charge is 0.102 e. The molecule has 1 aromatic heterocycles. The minimum absolute atomic E-state index is 0.351. The Balaban J connectivity index is 1.32. The van der Waals surface area contributed by atoms with Gasteiger partial charge in [0.2, 0.25) is 0 Å². The molecular weight excluding hydrogens is 386 g/mol. The standard InChI is InChI=1S/C26H39N3O2/c1-17(29-15-18(13-27)14-28-29)23-6-7-24-22-5-4-19-12-26(30,16-31-3)11-9-20(19)21(22)8-10-25(23,24)2/h14-15,17,19-24,30H,4-12,16H2,1-3H3/t17-,19-,20+,21-,22-,23?,24+,25-,26-/m1/s1. The molecule has 0 aliphatic heterocycles. The number of hydrogen-bond acceptors (Lipinski definition) is 4. The van der Waals surface area contributed by atoms with E-state index in [0.29, 0.717) is 35.5 Å². The molecule has 5 heteroatoms. The van der Waals surface area contributed by atoms with E-state index in [0.717, 1.165) is 36.5 Å². The average Bonchev–Trinajstić information content (AvgIpc) is 3.37. The van der Waals surface area contributed by atoms with Gasteiger partial charge < -0.3 is 9.84 Å². The first kappa shape index (κ1) is 21.5. The molecule has 0 bridgehead atoms. The number of rotatable bonds is 4. The number of methoxy groups -OCH3 is 1. The Labute approximate surface area is 187 Å². The second kappa shape index (κ2) is 7.89. The van der Waals surface area contributed by atoms with E-state index in [1.807, 2.05) is 6.20 Å². The molecule has 1 unspecified atom stereocenters. The van der Waals surface area contributed by atoms with Gasteiger partial charge in [0.1, 0.15) is 6.07 Å². The minimum Gasteiger partial charge on any atom is -0.387 e. The minimum atomic E-state index is -0.591. The first-order valence-corrected chi connectivity index (χ1v) is 12.5. The first-order chi connectivity index (χ1) is 14.9. The van der Waals surface area contributed by atoms with Crippen LogP contribution in [0.15, 0.2) is 12.4 Å². The zero-order valence-electron chi connectivity index (χ0n) is 19.5. The molecule has 5 nitrogen and oxygen atoms in total. The van der Waals surface area contributed by atoms with E-state index in [1.165, 1.54) is 44.9 Å². The van der Waals surface area contributed by atoms with Crippen molar-refractivity contribution in [2.45, 2.75) is 83.3 Å². The fraction of sp³-hybridized carbons (Fsp3) is 0.846. The summed E-state index contributed by atoms with van der Waals surface area (Å²) in [7, 11) is 1.71. The summed E-state index contributed by atoms with van der Waals surface area (Å²) in [5, 5.41) is 24.7. The lowest BCUT2D eigenvalue weighted by Gasteiger charge is -2.57. The van der Waals surface area contributed by atoms with Gasteiger partial charge in [0.05, 0.1) is 30.0 Å². The highest BCUT2D eigenvalue weighted by Gasteiger charge is 2.58. The van der Waals surface area contributed by atoms with E-state index in [-0.39, 0.29) is 0 Å². The molecule has 0 amide bonds. The van der Waals surface area contributed by atoms with Gasteiger partial charge >= 0.3 is 0 Å². The zero-order chi connectivity index (χ0) is 21.8. The summed E-state index contributed by atoms with van der Waals surface area (Å²) in [4.78, 5) is 0. The molecule has 31 heavy (non-hydrogen) atoms. The maximum Gasteiger partial charge on any atom is 0.102 e. The molecule has 4 fully saturated rings. The summed E-state index contributed by atoms with van der Waals surface area (Å²) < 4.78 is 7.40. The normalized spacial score (nSPS) is 45.3. The number of hydrogen-bond donors (Lipinski definition) is 1. The van der Waals surface area contributed by atoms with Crippen LogP contribution in [0.5, 0.6) is 0 Å². The Hall–Kier alpha value is -1.38. The molecular formula is C26H39N3O2. The third-order valence-corrected chi connectivity index (χ3v) is 10.3. The summed E-state index contributed by atoms with van der Waals surface area (Å²) in [5.41, 5.74) is 0.461. The number of nitriles is 1. The molecule has 9 atom stereocenters. The number of ether oxygens (including phenoxy) is 1. The van der Waals surface area contributed by atoms with Crippen molar-refractivity contribution in [2.75, 3.05) is 13.7 Å². The van der Waals surface area contributed by atoms with Crippen molar-refractivity contribution in [3.05, 3.63) is 18.0 Å². The maximum absolute atomic E-state index is 11.0. The van der Waals surface area contributed by atoms with E-state index in [1.54, 1.807) is 13.3 Å². The van der Waals surface area contributed by atoms with Crippen LogP contribution in [-0.2, 0) is 4.74 Å². The third-order valence-electron chi connectivity index (χ3n) is 10.3. The first-order valence-electron chi connectivity index (χ1n) is 12.5. The van der Waals surface area contributed by atoms with Gasteiger partial charge in [-0.05, 0) is 106 Å². The van der Waals surface area contributed by atoms with Crippen LogP contribution in [0.4, 0.5) is 0 Å². The molecule has 4 aliphatic rings. The Kier molecular flexibility index (Phi) is 5.46. The maximum atomic E-state index is 11.0. The van der Waals surface area contributed by atoms with Crippen LogP contribution in [0.1, 0.15) is 83.2 Å². The largest absolute Gasteiger partial charge is 0.387 e. The fourth-order valence-corrected chi connectivity index (χ4v) is 9.00. The van der Waals surface area contributed by atoms with Gasteiger partial charge in [-0.3, -0.25) is 4.68 Å². The second-order valence-electron chi connectivity index (χ2n) is 11.6. The van der Waals surface area contributed by atoms with E-state index in [9.17, 15) is 10.4 Å². The van der Waals surface area contributed by atoms with Crippen LogP contribution < -0.4 is 0 Å². The molecule has 0 aromatic carbocycles. The SMILES string of the molecule is COC[C@@]1(O)CC[C@H]2[C@H](CC[C@@H]3[C@@H]2CC[C@]2(C)C([C@@H](C)n4cc(C#N)cn4)CC[C@@H]32)C1. The number of aliphatic hydroxyl groups is 1. The predicted octanol–water partition coefficient (Wildman–Crippen LogP) is 4.96. The Morgan fingerprint density at radius 2 is 2.00 bits per heavy atom. The predicted molar refractivity (Wildman–Crippen MR) is 119 cm³/mol. The lowest BCUT2D eigenvalue weighted by molar-refractivity contribution is -0.125. The van der Waals surface area contributed by atoms with Gasteiger partial charge in [-0.1, -0.05) is 6.92 Å². The summed E-state index contributed by atoms with van der Waals surface area (Å²) >= 11 is 0. The van der Waals surface area contributed by atoms with Crippen molar-refractivity contribution in [1.82, 2.24) is 9.78 Å². The van der Waals surface area contributed by atoms with Crippen molar-refractivity contribution in [3.8, 4) is 6.07 Å². The molecule has 0 saturated heterocycles. The average molecular weight is 426 g/mol. The van der Waals surface area contributed by atoms with E-state index in [2.05, 4.69) is 29.7 Å². The molecule has 5 rings (SSSR count). The fourth-order valence-electron chi connectivity index (χ4n) is 9.00. The Bertz CT molecular complexity index is 846. The van der Waals surface area contributed by atoms with Crippen molar-refractivity contribution < 1.29 is 9.84 Å². The molecule has 170 valence electrons. The Morgan fingerprint density at radius 1 is 1.19 bits per heavy atom. The van der Waals surface area contributed by atoms with Crippen molar-refractivity contribution in [3.63, 3.8) is 0 Å². The van der Waals surface area contributed by atoms with Crippen LogP contribution in [0.3, 0.4) is 0 Å². The molecule has 1 N–H and O–H groups in total. The summed E-state index contributed by atoms with van der Waals surface area (Å²) in [5.74, 6) is 4.67. The molecule has 4 saturated carbocycles. The van der Waals surface area contributed by atoms with Crippen molar-refractivity contribution in [1.29, 1.82) is 5.26 Å². The highest BCUT2D eigenvalue weighted by atomic mass is 16.5. The van der Waals surface area contributed by atoms with Crippen LogP contribution in [0.2, 0.25) is 0 Å². The quantitative estimate of drug-likeness (QED) is 0.740. The third kappa shape index (κ3) is 3.45. The van der Waals surface area contributed by atoms with Gasteiger partial charge in [-0.25, -0.2) is 0 Å². The topological polar surface area (TPSA) is 71.1 Å². The lowest BCUT2D eigenvalue weighted by atomic mass is 9.48. The van der Waals surface area contributed by atoms with Crippen molar-refractivity contribution >= 4 is 0 Å². The van der Waals surface area contributed by atoms with Gasteiger partial charge in [0, 0.05) is 13.3 Å². The van der Waals surface area contributed by atoms with Gasteiger partial charge in [0.15, 0.2) is 0 Å². The molecule has 0 spiro atoms. The lowest BCUT2D eigenvalue weighted by Crippen LogP contribution is -2.52. The zero-order valence-corrected chi connectivity index (χ0v) is 19.5. The summed E-state index contributed by atoms with van der Waals surface area (Å²) in [6.45, 7) is 5.37. The summed E-state index contributed by atoms with van der Waals surface area (Å²) in [6, 6.07) is 2.58. The van der Waals surface area contributed by atoms with Crippen LogP contribution in [0, 0.1) is 52.3 Å². The number of nitrogens with zero attached hydrogens (tertiary/aromatic N) is 3. The van der Waals surface area contributed by atoms with E-state index < -0.39 is 5.60 Å². The molecule has 1 aromatic rings. The summed E-state index contributed by atoms with van der Waals surface area (Å²) in [6.07, 6.45) is 14.6. The van der Waals surface area contributed by atoms with E-state index >= 15 is 0 Å². The second-order valence-corrected chi connectivity index (χ2v) is 11.6. The Morgan fingerprint density at radius 3 is 2.74 bits per heavy atom. The van der Waals surface area contributed by atoms with Crippen molar-refractivity contribution in [2.24, 2.45) is 40.9 Å².